The molecule has 0 saturated heterocycles. The lowest BCUT2D eigenvalue weighted by Crippen LogP contribution is -2.64. The summed E-state index contributed by atoms with van der Waals surface area (Å²) in [5.41, 5.74) is 0.715. The van der Waals surface area contributed by atoms with Crippen LogP contribution < -0.4 is 5.32 Å². The van der Waals surface area contributed by atoms with E-state index in [-0.39, 0.29) is 11.3 Å². The molecule has 5 unspecified atom stereocenters. The van der Waals surface area contributed by atoms with Gasteiger partial charge in [-0.3, -0.25) is 4.55 Å². The van der Waals surface area contributed by atoms with Crippen LogP contribution in [0.25, 0.3) is 0 Å². The van der Waals surface area contributed by atoms with E-state index >= 15 is 0 Å². The molecule has 0 heterocycles. The van der Waals surface area contributed by atoms with Gasteiger partial charge >= 0.3 is 0 Å². The molecule has 20 heavy (non-hydrogen) atoms. The molecular weight excluding hydrogens is 274 g/mol. The Morgan fingerprint density at radius 2 is 2.05 bits per heavy atom. The molecule has 5 atom stereocenters. The summed E-state index contributed by atoms with van der Waals surface area (Å²) in [6.07, 6.45) is 7.02. The molecule has 0 amide bonds. The third kappa shape index (κ3) is 2.64. The van der Waals surface area contributed by atoms with E-state index in [2.05, 4.69) is 19.2 Å². The summed E-state index contributed by atoms with van der Waals surface area (Å²) < 4.78 is 30.4. The summed E-state index contributed by atoms with van der Waals surface area (Å²) in [4.78, 5) is 0. The lowest BCUT2D eigenvalue weighted by Gasteiger charge is -2.64. The van der Waals surface area contributed by atoms with Crippen LogP contribution in [0.1, 0.15) is 52.4 Å². The Kier molecular flexibility index (Phi) is 3.46. The van der Waals surface area contributed by atoms with E-state index in [9.17, 15) is 8.42 Å². The van der Waals surface area contributed by atoms with Gasteiger partial charge in [-0.05, 0) is 68.2 Å². The molecule has 4 bridgehead atoms. The first-order valence-corrected chi connectivity index (χ1v) is 9.53. The maximum absolute atomic E-state index is 10.8. The van der Waals surface area contributed by atoms with Gasteiger partial charge in [0, 0.05) is 5.54 Å². The van der Waals surface area contributed by atoms with Crippen LogP contribution in [-0.4, -0.2) is 30.8 Å². The molecule has 0 aliphatic heterocycles. The van der Waals surface area contributed by atoms with Crippen molar-refractivity contribution in [3.8, 4) is 0 Å². The molecule has 4 aliphatic rings. The van der Waals surface area contributed by atoms with E-state index in [0.717, 1.165) is 17.8 Å². The van der Waals surface area contributed by atoms with Gasteiger partial charge in [-0.25, -0.2) is 0 Å². The van der Waals surface area contributed by atoms with E-state index < -0.39 is 10.1 Å². The number of rotatable bonds is 5. The monoisotopic (exact) mass is 301 g/mol. The van der Waals surface area contributed by atoms with Crippen LogP contribution in [0.2, 0.25) is 0 Å². The largest absolute Gasteiger partial charge is 0.311 e. The van der Waals surface area contributed by atoms with Crippen molar-refractivity contribution in [2.24, 2.45) is 23.2 Å². The van der Waals surface area contributed by atoms with Gasteiger partial charge in [0.1, 0.15) is 0 Å². The van der Waals surface area contributed by atoms with Crippen LogP contribution in [0, 0.1) is 23.2 Å². The van der Waals surface area contributed by atoms with E-state index in [0.29, 0.717) is 18.4 Å². The Morgan fingerprint density at radius 1 is 1.30 bits per heavy atom. The van der Waals surface area contributed by atoms with Crippen LogP contribution in [0.5, 0.6) is 0 Å². The highest BCUT2D eigenvalue weighted by atomic mass is 32.2. The molecule has 116 valence electrons. The molecule has 4 aliphatic carbocycles. The number of hydrogen-bond donors (Lipinski definition) is 2. The van der Waals surface area contributed by atoms with E-state index in [4.69, 9.17) is 4.55 Å². The van der Waals surface area contributed by atoms with Crippen molar-refractivity contribution in [1.82, 2.24) is 5.32 Å². The Balaban J connectivity index is 1.62. The maximum Gasteiger partial charge on any atom is 0.264 e. The fourth-order valence-electron chi connectivity index (χ4n) is 5.65. The molecule has 4 fully saturated rings. The minimum atomic E-state index is -3.81. The first-order chi connectivity index (χ1) is 9.22. The lowest BCUT2D eigenvalue weighted by atomic mass is 9.43. The maximum atomic E-state index is 10.8. The van der Waals surface area contributed by atoms with Crippen molar-refractivity contribution in [3.05, 3.63) is 0 Å². The van der Waals surface area contributed by atoms with E-state index in [1.807, 2.05) is 0 Å². The van der Waals surface area contributed by atoms with Gasteiger partial charge in [-0.15, -0.1) is 0 Å². The Labute approximate surface area is 122 Å². The van der Waals surface area contributed by atoms with Crippen molar-refractivity contribution in [2.45, 2.75) is 57.9 Å². The molecule has 4 saturated carbocycles. The molecule has 0 aromatic heterocycles. The quantitative estimate of drug-likeness (QED) is 0.605. The topological polar surface area (TPSA) is 66.4 Å². The fourth-order valence-corrected chi connectivity index (χ4v) is 6.16. The lowest BCUT2D eigenvalue weighted by molar-refractivity contribution is -0.115. The number of nitrogens with one attached hydrogen (secondary N) is 1. The van der Waals surface area contributed by atoms with Gasteiger partial charge in [0.2, 0.25) is 0 Å². The SMILES string of the molecule is CC1C2CC3CC(NCCCS(=O)(=O)O)(C2)CC1(C)C3. The van der Waals surface area contributed by atoms with Gasteiger partial charge in [-0.1, -0.05) is 13.8 Å². The van der Waals surface area contributed by atoms with Crippen LogP contribution in [0.15, 0.2) is 0 Å². The van der Waals surface area contributed by atoms with Gasteiger partial charge in [-0.2, -0.15) is 8.42 Å². The Bertz CT molecular complexity index is 491. The molecular formula is C15H27NO3S. The zero-order valence-corrected chi connectivity index (χ0v) is 13.4. The van der Waals surface area contributed by atoms with Crippen molar-refractivity contribution < 1.29 is 13.0 Å². The normalized spacial score (nSPS) is 46.9. The summed E-state index contributed by atoms with van der Waals surface area (Å²) in [5.74, 6) is 2.40. The second-order valence-corrected chi connectivity index (χ2v) is 9.51. The minimum Gasteiger partial charge on any atom is -0.311 e. The summed E-state index contributed by atoms with van der Waals surface area (Å²) in [6.45, 7) is 5.57. The van der Waals surface area contributed by atoms with Gasteiger partial charge in [0.15, 0.2) is 0 Å². The van der Waals surface area contributed by atoms with Crippen molar-refractivity contribution in [1.29, 1.82) is 0 Å². The molecule has 0 spiro atoms. The summed E-state index contributed by atoms with van der Waals surface area (Å²) in [5, 5.41) is 3.67. The first kappa shape index (κ1) is 14.8. The van der Waals surface area contributed by atoms with Crippen LogP contribution in [0.3, 0.4) is 0 Å². The van der Waals surface area contributed by atoms with Crippen LogP contribution in [0.4, 0.5) is 0 Å². The summed E-state index contributed by atoms with van der Waals surface area (Å²) >= 11 is 0. The zero-order valence-electron chi connectivity index (χ0n) is 12.6. The standard InChI is InChI=1S/C15H27NO3S/c1-11-13-6-12-7-14(11,2)10-15(8-12,9-13)16-4-3-5-20(17,18)19/h11-13,16H,3-10H2,1-2H3,(H,17,18,19). The van der Waals surface area contributed by atoms with Crippen molar-refractivity contribution >= 4 is 10.1 Å². The van der Waals surface area contributed by atoms with E-state index in [1.165, 1.54) is 32.1 Å². The molecule has 0 radical (unpaired) electrons. The average Bonchev–Trinajstić information content (AvgIpc) is 2.29. The highest BCUT2D eigenvalue weighted by Gasteiger charge is 2.58. The van der Waals surface area contributed by atoms with Crippen LogP contribution in [-0.2, 0) is 10.1 Å². The molecule has 0 aromatic carbocycles. The smallest absolute Gasteiger partial charge is 0.264 e. The molecule has 4 nitrogen and oxygen atoms in total. The van der Waals surface area contributed by atoms with Crippen LogP contribution >= 0.6 is 0 Å². The summed E-state index contributed by atoms with van der Waals surface area (Å²) in [7, 11) is -3.81. The minimum absolute atomic E-state index is 0.128. The van der Waals surface area contributed by atoms with Gasteiger partial charge in [0.25, 0.3) is 10.1 Å². The number of hydrogen-bond acceptors (Lipinski definition) is 3. The van der Waals surface area contributed by atoms with Crippen molar-refractivity contribution in [3.63, 3.8) is 0 Å². The molecule has 0 aromatic rings. The van der Waals surface area contributed by atoms with E-state index in [1.54, 1.807) is 0 Å². The average molecular weight is 301 g/mol. The van der Waals surface area contributed by atoms with Gasteiger partial charge in [0.05, 0.1) is 5.75 Å². The third-order valence-electron chi connectivity index (χ3n) is 6.35. The highest BCUT2D eigenvalue weighted by molar-refractivity contribution is 7.85. The second kappa shape index (κ2) is 4.68. The molecule has 5 heteroatoms. The van der Waals surface area contributed by atoms with Crippen molar-refractivity contribution in [2.75, 3.05) is 12.3 Å². The Hall–Kier alpha value is -0.130. The predicted octanol–water partition coefficient (Wildman–Crippen LogP) is 2.46. The predicted molar refractivity (Wildman–Crippen MR) is 79.1 cm³/mol. The Morgan fingerprint density at radius 3 is 2.70 bits per heavy atom. The third-order valence-corrected chi connectivity index (χ3v) is 7.16. The van der Waals surface area contributed by atoms with Gasteiger partial charge < -0.3 is 5.32 Å². The zero-order chi connectivity index (χ0) is 14.6. The fraction of sp³-hybridized carbons (Fsp3) is 1.00. The summed E-state index contributed by atoms with van der Waals surface area (Å²) in [6, 6.07) is 0. The molecule has 4 rings (SSSR count). The first-order valence-electron chi connectivity index (χ1n) is 7.92. The molecule has 2 N–H and O–H groups in total. The highest BCUT2D eigenvalue weighted by Crippen LogP contribution is 2.63. The second-order valence-electron chi connectivity index (χ2n) is 7.94.